The monoisotopic (exact) mass is 678 g/mol. The number of hydrogen-bond acceptors (Lipinski definition) is 6. The normalized spacial score (nSPS) is 12.3. The first-order chi connectivity index (χ1) is 21.6. The molecule has 0 bridgehead atoms. The van der Waals surface area contributed by atoms with Gasteiger partial charge in [0.15, 0.2) is 0 Å². The van der Waals surface area contributed by atoms with Crippen LogP contribution in [0.3, 0.4) is 0 Å². The Kier molecular flexibility index (Phi) is 5.57. The molecule has 6 aromatic heterocycles. The molecule has 6 heterocycles. The predicted molar refractivity (Wildman–Crippen MR) is 195 cm³/mol. The van der Waals surface area contributed by atoms with Crippen LogP contribution in [-0.2, 0) is 0 Å². The number of hydrogen-bond donors (Lipinski definition) is 0. The van der Waals surface area contributed by atoms with Gasteiger partial charge >= 0.3 is 0 Å². The molecule has 10 rings (SSSR count). The van der Waals surface area contributed by atoms with Crippen molar-refractivity contribution < 1.29 is 8.78 Å². The zero-order chi connectivity index (χ0) is 29.1. The van der Waals surface area contributed by atoms with Crippen LogP contribution in [0.1, 0.15) is 0 Å². The van der Waals surface area contributed by atoms with E-state index in [1.807, 2.05) is 0 Å². The lowest BCUT2D eigenvalue weighted by Gasteiger charge is -2.00. The van der Waals surface area contributed by atoms with E-state index in [-0.39, 0.29) is 11.6 Å². The standard InChI is InChI=1S/C36H16F2S6/c37-25-15-29(27-13-19-3-7-21-23(33(19)41-27)5-1-17-9-11-39-31(17)21)43-35(25)36-26(38)16-30(44-36)28-14-20-4-8-22-24(34(20)42-28)6-2-18-10-12-40-32(18)22/h1-16H. The average molecular weight is 679 g/mol. The van der Waals surface area contributed by atoms with Crippen LogP contribution < -0.4 is 0 Å². The Hall–Kier alpha value is -3.50. The van der Waals surface area contributed by atoms with Crippen molar-refractivity contribution in [2.24, 2.45) is 0 Å². The van der Waals surface area contributed by atoms with Crippen molar-refractivity contribution >= 4 is 130 Å². The van der Waals surface area contributed by atoms with Crippen LogP contribution in [0, 0.1) is 11.6 Å². The highest BCUT2D eigenvalue weighted by Gasteiger charge is 2.22. The van der Waals surface area contributed by atoms with E-state index in [1.54, 1.807) is 57.5 Å². The summed E-state index contributed by atoms with van der Waals surface area (Å²) in [5, 5.41) is 14.0. The Bertz CT molecular complexity index is 2570. The summed E-state index contributed by atoms with van der Waals surface area (Å²) in [4.78, 5) is 4.38. The maximum Gasteiger partial charge on any atom is 0.143 e. The van der Waals surface area contributed by atoms with Crippen LogP contribution in [-0.4, -0.2) is 0 Å². The zero-order valence-corrected chi connectivity index (χ0v) is 27.3. The van der Waals surface area contributed by atoms with Crippen LogP contribution in [0.5, 0.6) is 0 Å². The molecule has 8 heteroatoms. The van der Waals surface area contributed by atoms with Crippen LogP contribution in [0.2, 0.25) is 0 Å². The molecule has 0 nitrogen and oxygen atoms in total. The molecular formula is C36H16F2S6. The van der Waals surface area contributed by atoms with Gasteiger partial charge in [0, 0.05) is 59.9 Å². The van der Waals surface area contributed by atoms with Crippen LogP contribution in [0.25, 0.3) is 91.2 Å². The molecule has 44 heavy (non-hydrogen) atoms. The molecule has 0 aliphatic carbocycles. The van der Waals surface area contributed by atoms with E-state index in [2.05, 4.69) is 83.6 Å². The minimum atomic E-state index is -0.373. The molecule has 0 fully saturated rings. The first-order valence-corrected chi connectivity index (χ1v) is 18.9. The van der Waals surface area contributed by atoms with Gasteiger partial charge in [0.2, 0.25) is 0 Å². The van der Waals surface area contributed by atoms with Crippen molar-refractivity contribution in [3.63, 3.8) is 0 Å². The fourth-order valence-corrected chi connectivity index (χ4v) is 12.8. The minimum Gasteiger partial charge on any atom is -0.205 e. The molecule has 0 aliphatic heterocycles. The van der Waals surface area contributed by atoms with Crippen LogP contribution in [0.15, 0.2) is 95.7 Å². The third-order valence-corrected chi connectivity index (χ3v) is 15.3. The molecule has 10 aromatic rings. The van der Waals surface area contributed by atoms with E-state index in [0.717, 1.165) is 30.3 Å². The van der Waals surface area contributed by atoms with Crippen molar-refractivity contribution in [3.8, 4) is 29.3 Å². The van der Waals surface area contributed by atoms with E-state index in [0.29, 0.717) is 9.75 Å². The summed E-state index contributed by atoms with van der Waals surface area (Å²) in [7, 11) is 0. The molecule has 0 saturated heterocycles. The van der Waals surface area contributed by atoms with Gasteiger partial charge in [-0.1, -0.05) is 48.5 Å². The summed E-state index contributed by atoms with van der Waals surface area (Å²) in [6.45, 7) is 0. The molecule has 210 valence electrons. The fourth-order valence-electron chi connectivity index (χ4n) is 6.19. The van der Waals surface area contributed by atoms with Crippen molar-refractivity contribution in [1.82, 2.24) is 0 Å². The molecule has 0 saturated carbocycles. The predicted octanol–water partition coefficient (Wildman–Crippen LogP) is 14.3. The van der Waals surface area contributed by atoms with Gasteiger partial charge in [0.05, 0.1) is 9.75 Å². The Balaban J connectivity index is 1.05. The van der Waals surface area contributed by atoms with Gasteiger partial charge in [-0.25, -0.2) is 8.78 Å². The summed E-state index contributed by atoms with van der Waals surface area (Å²) < 4.78 is 36.0. The Morgan fingerprint density at radius 2 is 0.750 bits per heavy atom. The van der Waals surface area contributed by atoms with E-state index >= 15 is 8.78 Å². The highest BCUT2D eigenvalue weighted by molar-refractivity contribution is 7.31. The number of fused-ring (bicyclic) bond motifs is 10. The Morgan fingerprint density at radius 1 is 0.364 bits per heavy atom. The van der Waals surface area contributed by atoms with Gasteiger partial charge in [-0.05, 0) is 68.7 Å². The van der Waals surface area contributed by atoms with E-state index in [1.165, 1.54) is 73.8 Å². The summed E-state index contributed by atoms with van der Waals surface area (Å²) >= 11 is 9.54. The van der Waals surface area contributed by atoms with E-state index in [9.17, 15) is 0 Å². The van der Waals surface area contributed by atoms with Gasteiger partial charge < -0.3 is 0 Å². The Labute approximate surface area is 273 Å². The van der Waals surface area contributed by atoms with Crippen molar-refractivity contribution in [2.75, 3.05) is 0 Å². The second kappa shape index (κ2) is 9.50. The van der Waals surface area contributed by atoms with Crippen LogP contribution in [0.4, 0.5) is 8.78 Å². The minimum absolute atomic E-state index is 0.364. The maximum atomic E-state index is 15.5. The van der Waals surface area contributed by atoms with Crippen molar-refractivity contribution in [1.29, 1.82) is 0 Å². The Morgan fingerprint density at radius 3 is 1.20 bits per heavy atom. The number of benzene rings is 4. The lowest BCUT2D eigenvalue weighted by atomic mass is 10.1. The van der Waals surface area contributed by atoms with Gasteiger partial charge in [-0.2, -0.15) is 0 Å². The zero-order valence-electron chi connectivity index (χ0n) is 22.4. The van der Waals surface area contributed by atoms with E-state index < -0.39 is 0 Å². The summed E-state index contributed by atoms with van der Waals surface area (Å²) in [5.74, 6) is -0.746. The molecule has 0 amide bonds. The largest absolute Gasteiger partial charge is 0.205 e. The van der Waals surface area contributed by atoms with Crippen LogP contribution >= 0.6 is 68.0 Å². The summed E-state index contributed by atoms with van der Waals surface area (Å²) in [5.41, 5.74) is 0. The van der Waals surface area contributed by atoms with Crippen molar-refractivity contribution in [3.05, 3.63) is 107 Å². The first kappa shape index (κ1) is 25.8. The second-order valence-electron chi connectivity index (χ2n) is 10.8. The maximum absolute atomic E-state index is 15.5. The van der Waals surface area contributed by atoms with E-state index in [4.69, 9.17) is 0 Å². The topological polar surface area (TPSA) is 0 Å². The average Bonchev–Trinajstić information content (AvgIpc) is 3.87. The third kappa shape index (κ3) is 3.73. The van der Waals surface area contributed by atoms with Gasteiger partial charge in [-0.15, -0.1) is 68.0 Å². The molecule has 0 atom stereocenters. The number of halogens is 2. The highest BCUT2D eigenvalue weighted by atomic mass is 32.1. The SMILES string of the molecule is Fc1cc(-c2cc3ccc4c(ccc5ccsc54)c3s2)sc1-c1sc(-c2cc3ccc4c(ccc5ccsc54)c3s2)cc1F. The summed E-state index contributed by atoms with van der Waals surface area (Å²) in [6.07, 6.45) is 0. The second-order valence-corrected chi connectivity index (χ2v) is 16.8. The number of rotatable bonds is 3. The molecule has 0 radical (unpaired) electrons. The quantitative estimate of drug-likeness (QED) is 0.174. The molecule has 4 aromatic carbocycles. The van der Waals surface area contributed by atoms with Gasteiger partial charge in [0.25, 0.3) is 0 Å². The molecule has 0 unspecified atom stereocenters. The first-order valence-electron chi connectivity index (χ1n) is 13.8. The third-order valence-electron chi connectivity index (χ3n) is 8.26. The lowest BCUT2D eigenvalue weighted by molar-refractivity contribution is 0.624. The molecule has 0 aliphatic rings. The fraction of sp³-hybridized carbons (Fsp3) is 0. The molecular weight excluding hydrogens is 663 g/mol. The smallest absolute Gasteiger partial charge is 0.143 e. The lowest BCUT2D eigenvalue weighted by Crippen LogP contribution is -1.74. The van der Waals surface area contributed by atoms with Gasteiger partial charge in [0.1, 0.15) is 11.6 Å². The van der Waals surface area contributed by atoms with Crippen molar-refractivity contribution in [2.45, 2.75) is 0 Å². The molecule has 0 N–H and O–H groups in total. The molecule has 0 spiro atoms. The highest BCUT2D eigenvalue weighted by Crippen LogP contribution is 2.49. The number of thiophene rings is 6. The van der Waals surface area contributed by atoms with Gasteiger partial charge in [-0.3, -0.25) is 0 Å². The summed E-state index contributed by atoms with van der Waals surface area (Å²) in [6, 6.07) is 29.1.